The number of amides is 1. The largest absolute Gasteiger partial charge is 0.382 e. The summed E-state index contributed by atoms with van der Waals surface area (Å²) in [5, 5.41) is 7.05. The van der Waals surface area contributed by atoms with Crippen molar-refractivity contribution in [3.05, 3.63) is 64.7 Å². The fourth-order valence-corrected chi connectivity index (χ4v) is 2.90. The third-order valence-electron chi connectivity index (χ3n) is 3.99. The minimum Gasteiger partial charge on any atom is -0.382 e. The van der Waals surface area contributed by atoms with Crippen molar-refractivity contribution in [1.29, 1.82) is 0 Å². The van der Waals surface area contributed by atoms with Crippen molar-refractivity contribution >= 4 is 17.3 Å². The molecule has 0 unspecified atom stereocenters. The zero-order valence-electron chi connectivity index (χ0n) is 13.6. The van der Waals surface area contributed by atoms with Gasteiger partial charge in [-0.25, -0.2) is 0 Å². The Bertz CT molecular complexity index is 743. The van der Waals surface area contributed by atoms with E-state index in [2.05, 4.69) is 22.6 Å². The van der Waals surface area contributed by atoms with Crippen LogP contribution in [0, 0.1) is 20.8 Å². The number of nitrogens with zero attached hydrogens (tertiary/aromatic N) is 1. The summed E-state index contributed by atoms with van der Waals surface area (Å²) >= 11 is 0. The summed E-state index contributed by atoms with van der Waals surface area (Å²) in [5.74, 6) is -0.158. The van der Waals surface area contributed by atoms with E-state index in [1.807, 2.05) is 51.1 Å². The smallest absolute Gasteiger partial charge is 0.268 e. The molecular weight excluding hydrogens is 288 g/mol. The molecule has 0 fully saturated rings. The van der Waals surface area contributed by atoms with Gasteiger partial charge in [-0.3, -0.25) is 4.79 Å². The zero-order chi connectivity index (χ0) is 16.4. The Balaban J connectivity index is 1.70. The minimum absolute atomic E-state index is 0.158. The maximum Gasteiger partial charge on any atom is 0.268 e. The average Bonchev–Trinajstić information content (AvgIpc) is 3.01. The van der Waals surface area contributed by atoms with Gasteiger partial charge in [-0.05, 0) is 37.5 Å². The predicted octanol–water partition coefficient (Wildman–Crippen LogP) is 3.74. The molecule has 1 heterocycles. The Morgan fingerprint density at radius 1 is 1.13 bits per heavy atom. The molecule has 0 aliphatic carbocycles. The van der Waals surface area contributed by atoms with E-state index in [9.17, 15) is 4.79 Å². The summed E-state index contributed by atoms with van der Waals surface area (Å²) in [6.45, 7) is 6.04. The van der Waals surface area contributed by atoms with Crippen molar-refractivity contribution in [2.24, 2.45) is 5.16 Å². The summed E-state index contributed by atoms with van der Waals surface area (Å²) in [4.78, 5) is 17.8. The summed E-state index contributed by atoms with van der Waals surface area (Å²) in [6.07, 6.45) is -0.0925. The maximum absolute atomic E-state index is 12.5. The summed E-state index contributed by atoms with van der Waals surface area (Å²) < 4.78 is 0. The van der Waals surface area contributed by atoms with Crippen LogP contribution < -0.4 is 5.32 Å². The molecule has 3 rings (SSSR count). The van der Waals surface area contributed by atoms with Crippen LogP contribution in [0.15, 0.2) is 47.6 Å². The molecule has 1 aliphatic rings. The summed E-state index contributed by atoms with van der Waals surface area (Å²) in [7, 11) is 0. The van der Waals surface area contributed by atoms with Crippen LogP contribution in [0.3, 0.4) is 0 Å². The Kier molecular flexibility index (Phi) is 4.15. The van der Waals surface area contributed by atoms with Crippen LogP contribution in [0.5, 0.6) is 0 Å². The van der Waals surface area contributed by atoms with Gasteiger partial charge in [0, 0.05) is 12.1 Å². The van der Waals surface area contributed by atoms with Gasteiger partial charge in [0.15, 0.2) is 0 Å². The monoisotopic (exact) mass is 308 g/mol. The second kappa shape index (κ2) is 6.24. The van der Waals surface area contributed by atoms with E-state index in [1.165, 1.54) is 5.56 Å². The van der Waals surface area contributed by atoms with E-state index in [0.717, 1.165) is 28.1 Å². The molecule has 4 heteroatoms. The molecule has 1 atom stereocenters. The van der Waals surface area contributed by atoms with E-state index >= 15 is 0 Å². The van der Waals surface area contributed by atoms with Gasteiger partial charge in [0.05, 0.1) is 5.71 Å². The number of aryl methyl sites for hydroxylation is 3. The Morgan fingerprint density at radius 3 is 2.43 bits per heavy atom. The third kappa shape index (κ3) is 3.26. The first-order valence-electron chi connectivity index (χ1n) is 7.71. The molecule has 0 radical (unpaired) electrons. The molecule has 0 saturated carbocycles. The number of rotatable bonds is 3. The van der Waals surface area contributed by atoms with Crippen LogP contribution in [-0.4, -0.2) is 17.7 Å². The van der Waals surface area contributed by atoms with Crippen molar-refractivity contribution in [3.8, 4) is 0 Å². The first-order chi connectivity index (χ1) is 11.0. The van der Waals surface area contributed by atoms with Crippen LogP contribution in [-0.2, 0) is 9.63 Å². The molecule has 0 bridgehead atoms. The molecule has 0 saturated heterocycles. The maximum atomic E-state index is 12.5. The Labute approximate surface area is 136 Å². The lowest BCUT2D eigenvalue weighted by atomic mass is 10.0. The van der Waals surface area contributed by atoms with Crippen molar-refractivity contribution in [3.63, 3.8) is 0 Å². The predicted molar refractivity (Wildman–Crippen MR) is 91.8 cm³/mol. The minimum atomic E-state index is -0.578. The Morgan fingerprint density at radius 2 is 1.78 bits per heavy atom. The third-order valence-corrected chi connectivity index (χ3v) is 3.99. The second-order valence-electron chi connectivity index (χ2n) is 5.97. The van der Waals surface area contributed by atoms with Gasteiger partial charge in [0.25, 0.3) is 5.91 Å². The molecular formula is C19H20N2O2. The first-order valence-corrected chi connectivity index (χ1v) is 7.71. The number of carbonyl (C=O) groups excluding carboxylic acids is 1. The quantitative estimate of drug-likeness (QED) is 0.939. The van der Waals surface area contributed by atoms with Crippen LogP contribution >= 0.6 is 0 Å². The van der Waals surface area contributed by atoms with Crippen LogP contribution in [0.25, 0.3) is 0 Å². The fraction of sp³-hybridized carbons (Fsp3) is 0.263. The molecule has 1 aliphatic heterocycles. The number of benzene rings is 2. The lowest BCUT2D eigenvalue weighted by Crippen LogP contribution is -2.28. The summed E-state index contributed by atoms with van der Waals surface area (Å²) in [6, 6.07) is 13.9. The molecule has 0 aromatic heterocycles. The van der Waals surface area contributed by atoms with E-state index in [1.54, 1.807) is 0 Å². The molecule has 0 spiro atoms. The number of anilines is 1. The van der Waals surface area contributed by atoms with E-state index < -0.39 is 6.10 Å². The lowest BCUT2D eigenvalue weighted by molar-refractivity contribution is -0.125. The highest BCUT2D eigenvalue weighted by Crippen LogP contribution is 2.24. The van der Waals surface area contributed by atoms with Crippen molar-refractivity contribution < 1.29 is 9.63 Å². The van der Waals surface area contributed by atoms with Crippen molar-refractivity contribution in [2.45, 2.75) is 33.3 Å². The number of oxime groups is 1. The number of hydrogen-bond acceptors (Lipinski definition) is 3. The fourth-order valence-electron chi connectivity index (χ4n) is 2.90. The first kappa shape index (κ1) is 15.3. The lowest BCUT2D eigenvalue weighted by Gasteiger charge is -2.14. The van der Waals surface area contributed by atoms with Gasteiger partial charge < -0.3 is 10.2 Å². The SMILES string of the molecule is Cc1cc(C)c(NC(=O)[C@H]2CC(c3ccccc3)=NO2)c(C)c1. The highest BCUT2D eigenvalue weighted by molar-refractivity contribution is 6.06. The average molecular weight is 308 g/mol. The second-order valence-corrected chi connectivity index (χ2v) is 5.97. The number of carbonyl (C=O) groups is 1. The molecule has 2 aromatic rings. The van der Waals surface area contributed by atoms with Crippen LogP contribution in [0.2, 0.25) is 0 Å². The Hall–Kier alpha value is -2.62. The molecule has 1 N–H and O–H groups in total. The van der Waals surface area contributed by atoms with E-state index in [-0.39, 0.29) is 5.91 Å². The van der Waals surface area contributed by atoms with Gasteiger partial charge in [0.2, 0.25) is 6.10 Å². The highest BCUT2D eigenvalue weighted by atomic mass is 16.6. The van der Waals surface area contributed by atoms with Gasteiger partial charge in [-0.2, -0.15) is 0 Å². The highest BCUT2D eigenvalue weighted by Gasteiger charge is 2.29. The van der Waals surface area contributed by atoms with Crippen LogP contribution in [0.1, 0.15) is 28.7 Å². The normalized spacial score (nSPS) is 16.7. The van der Waals surface area contributed by atoms with E-state index in [4.69, 9.17) is 4.84 Å². The molecule has 23 heavy (non-hydrogen) atoms. The van der Waals surface area contributed by atoms with Gasteiger partial charge in [-0.1, -0.05) is 53.2 Å². The zero-order valence-corrected chi connectivity index (χ0v) is 13.6. The summed E-state index contributed by atoms with van der Waals surface area (Å²) in [5.41, 5.74) is 5.95. The molecule has 4 nitrogen and oxygen atoms in total. The molecule has 118 valence electrons. The number of nitrogens with one attached hydrogen (secondary N) is 1. The standard InChI is InChI=1S/C19H20N2O2/c1-12-9-13(2)18(14(3)10-12)20-19(22)17-11-16(21-23-17)15-7-5-4-6-8-15/h4-10,17H,11H2,1-3H3,(H,20,22)/t17-/m1/s1. The van der Waals surface area contributed by atoms with Crippen LogP contribution in [0.4, 0.5) is 5.69 Å². The van der Waals surface area contributed by atoms with Crippen molar-refractivity contribution in [1.82, 2.24) is 0 Å². The van der Waals surface area contributed by atoms with Gasteiger partial charge in [0.1, 0.15) is 0 Å². The molecule has 1 amide bonds. The number of hydrogen-bond donors (Lipinski definition) is 1. The van der Waals surface area contributed by atoms with Gasteiger partial charge >= 0.3 is 0 Å². The van der Waals surface area contributed by atoms with Gasteiger partial charge in [-0.15, -0.1) is 0 Å². The molecule has 2 aromatic carbocycles. The topological polar surface area (TPSA) is 50.7 Å². The van der Waals surface area contributed by atoms with E-state index in [0.29, 0.717) is 6.42 Å². The van der Waals surface area contributed by atoms with Crippen molar-refractivity contribution in [2.75, 3.05) is 5.32 Å².